The molecule has 0 aromatic heterocycles. The number of hydrogen-bond donors (Lipinski definition) is 0. The summed E-state index contributed by atoms with van der Waals surface area (Å²) in [7, 11) is 0. The monoisotopic (exact) mass is 528 g/mol. The molecule has 202 valence electrons. The summed E-state index contributed by atoms with van der Waals surface area (Å²) in [6, 6.07) is 7.66. The molecule has 6 aliphatic rings. The van der Waals surface area contributed by atoms with Gasteiger partial charge in [-0.3, -0.25) is 4.99 Å². The first-order valence-electron chi connectivity index (χ1n) is 15.5. The van der Waals surface area contributed by atoms with Crippen molar-refractivity contribution in [3.05, 3.63) is 54.6 Å². The Hall–Kier alpha value is -1.48. The lowest BCUT2D eigenvalue weighted by Gasteiger charge is -2.61. The van der Waals surface area contributed by atoms with Crippen LogP contribution < -0.4 is 4.81 Å². The highest BCUT2D eigenvalue weighted by Gasteiger charge is 2.74. The molecule has 1 aromatic rings. The Morgan fingerprint density at radius 1 is 1.05 bits per heavy atom. The fourth-order valence-corrected chi connectivity index (χ4v) is 11.5. The maximum atomic E-state index is 7.69. The van der Waals surface area contributed by atoms with E-state index in [2.05, 4.69) is 82.9 Å². The maximum Gasteiger partial charge on any atom is 0.261 e. The van der Waals surface area contributed by atoms with Crippen molar-refractivity contribution in [3.63, 3.8) is 0 Å². The first kappa shape index (κ1) is 25.5. The van der Waals surface area contributed by atoms with Crippen LogP contribution in [-0.2, 0) is 10.8 Å². The van der Waals surface area contributed by atoms with Crippen molar-refractivity contribution in [1.82, 2.24) is 0 Å². The first-order valence-corrected chi connectivity index (χ1v) is 15.8. The Kier molecular flexibility index (Phi) is 5.40. The summed E-state index contributed by atoms with van der Waals surface area (Å²) in [5, 5.41) is 0.875. The van der Waals surface area contributed by atoms with Crippen LogP contribution in [0.4, 0.5) is 5.69 Å². The van der Waals surface area contributed by atoms with Gasteiger partial charge in [-0.15, -0.1) is 13.2 Å². The Morgan fingerprint density at radius 2 is 1.71 bits per heavy atom. The zero-order valence-electron chi connectivity index (χ0n) is 24.3. The van der Waals surface area contributed by atoms with Crippen molar-refractivity contribution >= 4 is 29.3 Å². The smallest absolute Gasteiger partial charge is 0.261 e. The van der Waals surface area contributed by atoms with Crippen molar-refractivity contribution in [2.75, 3.05) is 4.81 Å². The highest BCUT2D eigenvalue weighted by atomic mass is 35.5. The van der Waals surface area contributed by atoms with Gasteiger partial charge in [0, 0.05) is 28.5 Å². The zero-order chi connectivity index (χ0) is 26.8. The third kappa shape index (κ3) is 2.86. The summed E-state index contributed by atoms with van der Waals surface area (Å²) >= 11 is 7.69. The molecular formula is C34H46BClN2. The van der Waals surface area contributed by atoms with Gasteiger partial charge in [0.05, 0.1) is 11.5 Å². The SMILES string of the molecule is C=CC(C)(C)[C@H]1N(B2C3CCCC2CCC3)c2cccc3c2C12C(Cl)=N[C@@H]1[C@H]2[C@H](CC[C@]1(C)C=C)C3(C)C. The van der Waals surface area contributed by atoms with Gasteiger partial charge in [-0.2, -0.15) is 0 Å². The van der Waals surface area contributed by atoms with Gasteiger partial charge in [0.15, 0.2) is 0 Å². The minimum atomic E-state index is -0.285. The summed E-state index contributed by atoms with van der Waals surface area (Å²) in [5.74, 6) is 2.48. The van der Waals surface area contributed by atoms with Gasteiger partial charge >= 0.3 is 0 Å². The van der Waals surface area contributed by atoms with Gasteiger partial charge in [0.25, 0.3) is 6.85 Å². The molecule has 3 fully saturated rings. The molecule has 2 aliphatic carbocycles. The van der Waals surface area contributed by atoms with Gasteiger partial charge in [-0.25, -0.2) is 0 Å². The Balaban J connectivity index is 1.56. The Bertz CT molecular complexity index is 1210. The number of benzene rings is 1. The van der Waals surface area contributed by atoms with E-state index in [0.29, 0.717) is 18.7 Å². The van der Waals surface area contributed by atoms with Crippen molar-refractivity contribution < 1.29 is 0 Å². The van der Waals surface area contributed by atoms with E-state index in [4.69, 9.17) is 16.6 Å². The predicted octanol–water partition coefficient (Wildman–Crippen LogP) is 8.95. The largest absolute Gasteiger partial charge is 0.409 e. The van der Waals surface area contributed by atoms with E-state index in [1.165, 1.54) is 61.8 Å². The normalized spacial score (nSPS) is 42.3. The summed E-state index contributed by atoms with van der Waals surface area (Å²) in [6.45, 7) is 21.7. The van der Waals surface area contributed by atoms with Crippen LogP contribution in [0.5, 0.6) is 0 Å². The molecule has 0 amide bonds. The second-order valence-electron chi connectivity index (χ2n) is 15.2. The van der Waals surface area contributed by atoms with Crippen LogP contribution >= 0.6 is 11.6 Å². The highest BCUT2D eigenvalue weighted by molar-refractivity contribution is 6.70. The molecule has 1 saturated carbocycles. The quantitative estimate of drug-likeness (QED) is 0.281. The van der Waals surface area contributed by atoms with Crippen LogP contribution in [0.15, 0.2) is 48.5 Å². The second-order valence-corrected chi connectivity index (χ2v) is 15.6. The van der Waals surface area contributed by atoms with E-state index < -0.39 is 0 Å². The molecule has 38 heavy (non-hydrogen) atoms. The molecule has 1 spiro atoms. The molecule has 6 atom stereocenters. The molecule has 4 heteroatoms. The number of rotatable bonds is 4. The average Bonchev–Trinajstić information content (AvgIpc) is 3.37. The molecule has 0 N–H and O–H groups in total. The van der Waals surface area contributed by atoms with E-state index >= 15 is 0 Å². The molecule has 4 aliphatic heterocycles. The minimum Gasteiger partial charge on any atom is -0.409 e. The van der Waals surface area contributed by atoms with Gasteiger partial charge < -0.3 is 4.81 Å². The third-order valence-corrected chi connectivity index (χ3v) is 13.3. The average molecular weight is 529 g/mol. The predicted molar refractivity (Wildman–Crippen MR) is 164 cm³/mol. The second kappa shape index (κ2) is 8.05. The summed E-state index contributed by atoms with van der Waals surface area (Å²) in [6.07, 6.45) is 15.1. The molecule has 1 unspecified atom stereocenters. The van der Waals surface area contributed by atoms with Crippen LogP contribution in [0.2, 0.25) is 11.6 Å². The van der Waals surface area contributed by atoms with Crippen molar-refractivity contribution in [1.29, 1.82) is 0 Å². The van der Waals surface area contributed by atoms with Crippen molar-refractivity contribution in [3.8, 4) is 0 Å². The minimum absolute atomic E-state index is 0.0228. The van der Waals surface area contributed by atoms with E-state index in [1.807, 2.05) is 0 Å². The summed E-state index contributed by atoms with van der Waals surface area (Å²) in [5.41, 5.74) is 4.18. The number of halogens is 1. The van der Waals surface area contributed by atoms with Gasteiger partial charge in [-0.1, -0.05) is 109 Å². The lowest BCUT2D eigenvalue weighted by atomic mass is 9.33. The molecule has 2 saturated heterocycles. The molecule has 4 heterocycles. The van der Waals surface area contributed by atoms with Crippen LogP contribution in [-0.4, -0.2) is 24.1 Å². The Morgan fingerprint density at radius 3 is 2.32 bits per heavy atom. The Labute approximate surface area is 236 Å². The standard InChI is InChI=1S/C34H46BClN2/c1-8-31(3,4)29-34-26-23(17-12-18-25(26)38(29)35-21-13-10-14-22(35)16-11-15-21)32(5,6)24-19-20-33(7,9-2)28(27(24)34)37-30(34)36/h8-9,12,17-18,21-22,24,27-29H,1-2,10-11,13-16,19-20H2,3-7H3/t21?,22?,24-,27+,28+,29+,33-,34?/m0/s1. The molecule has 7 rings (SSSR count). The number of hydrogen-bond acceptors (Lipinski definition) is 2. The van der Waals surface area contributed by atoms with Gasteiger partial charge in [0.2, 0.25) is 0 Å². The molecule has 1 aromatic carbocycles. The van der Waals surface area contributed by atoms with Crippen LogP contribution in [0, 0.1) is 22.7 Å². The van der Waals surface area contributed by atoms with E-state index in [0.717, 1.165) is 23.2 Å². The van der Waals surface area contributed by atoms with Gasteiger partial charge in [-0.05, 0) is 53.0 Å². The van der Waals surface area contributed by atoms with Crippen molar-refractivity contribution in [2.45, 2.75) is 121 Å². The molecule has 2 nitrogen and oxygen atoms in total. The van der Waals surface area contributed by atoms with Crippen molar-refractivity contribution in [2.24, 2.45) is 27.7 Å². The first-order chi connectivity index (χ1) is 18.0. The number of fused-ring (bicyclic) bond motifs is 2. The summed E-state index contributed by atoms with van der Waals surface area (Å²) in [4.78, 5) is 8.48. The third-order valence-electron chi connectivity index (χ3n) is 12.9. The molecule has 2 bridgehead atoms. The van der Waals surface area contributed by atoms with E-state index in [1.54, 1.807) is 0 Å². The molecule has 0 radical (unpaired) electrons. The topological polar surface area (TPSA) is 15.6 Å². The van der Waals surface area contributed by atoms with E-state index in [-0.39, 0.29) is 33.7 Å². The fraction of sp³-hybridized carbons (Fsp3) is 0.676. The van der Waals surface area contributed by atoms with Crippen LogP contribution in [0.1, 0.15) is 97.1 Å². The number of nitrogens with zero attached hydrogens (tertiary/aromatic N) is 2. The van der Waals surface area contributed by atoms with E-state index in [9.17, 15) is 0 Å². The van der Waals surface area contributed by atoms with Gasteiger partial charge in [0.1, 0.15) is 5.17 Å². The zero-order valence-corrected chi connectivity index (χ0v) is 25.0. The fourth-order valence-electron chi connectivity index (χ4n) is 11.1. The van der Waals surface area contributed by atoms with Crippen LogP contribution in [0.3, 0.4) is 0 Å². The summed E-state index contributed by atoms with van der Waals surface area (Å²) < 4.78 is 0. The maximum absolute atomic E-state index is 7.69. The number of anilines is 1. The molecular weight excluding hydrogens is 483 g/mol. The number of aliphatic imine (C=N–C) groups is 1. The van der Waals surface area contributed by atoms with Crippen LogP contribution in [0.25, 0.3) is 0 Å². The highest BCUT2D eigenvalue weighted by Crippen LogP contribution is 2.72. The lowest BCUT2D eigenvalue weighted by Crippen LogP contribution is -2.68. The lowest BCUT2D eigenvalue weighted by molar-refractivity contribution is 0.0166.